The van der Waals surface area contributed by atoms with Crippen molar-refractivity contribution in [3.8, 4) is 0 Å². The topological polar surface area (TPSA) is 50.2 Å². The minimum absolute atomic E-state index is 0.171. The van der Waals surface area contributed by atoms with Gasteiger partial charge in [0, 0.05) is 17.5 Å². The Hall–Kier alpha value is -1.90. The number of pyridine rings is 1. The predicted octanol–water partition coefficient (Wildman–Crippen LogP) is 2.56. The van der Waals surface area contributed by atoms with Gasteiger partial charge < -0.3 is 5.11 Å². The molecule has 0 saturated heterocycles. The van der Waals surface area contributed by atoms with Crippen LogP contribution in [-0.4, -0.2) is 16.1 Å². The van der Waals surface area contributed by atoms with Crippen molar-refractivity contribution < 1.29 is 9.90 Å². The third-order valence-electron chi connectivity index (χ3n) is 2.52. The SMILES string of the molecule is Cc1ccc2cc(CCC(=O)O)ccc2n1. The van der Waals surface area contributed by atoms with Crippen molar-refractivity contribution in [3.05, 3.63) is 41.6 Å². The molecule has 0 saturated carbocycles. The van der Waals surface area contributed by atoms with Crippen LogP contribution in [0.5, 0.6) is 0 Å². The molecule has 0 spiro atoms. The number of carbonyl (C=O) groups is 1. The van der Waals surface area contributed by atoms with Crippen LogP contribution >= 0.6 is 0 Å². The van der Waals surface area contributed by atoms with Crippen molar-refractivity contribution in [1.82, 2.24) is 4.98 Å². The molecule has 0 aliphatic rings. The van der Waals surface area contributed by atoms with Gasteiger partial charge in [0.1, 0.15) is 0 Å². The maximum Gasteiger partial charge on any atom is 0.303 e. The summed E-state index contributed by atoms with van der Waals surface area (Å²) in [5, 5.41) is 9.68. The third-order valence-corrected chi connectivity index (χ3v) is 2.52. The summed E-state index contributed by atoms with van der Waals surface area (Å²) in [4.78, 5) is 14.9. The summed E-state index contributed by atoms with van der Waals surface area (Å²) in [6.45, 7) is 1.96. The van der Waals surface area contributed by atoms with Gasteiger partial charge in [-0.2, -0.15) is 0 Å². The molecule has 2 aromatic rings. The van der Waals surface area contributed by atoms with E-state index in [1.807, 2.05) is 37.3 Å². The third kappa shape index (κ3) is 2.37. The van der Waals surface area contributed by atoms with Crippen molar-refractivity contribution in [2.45, 2.75) is 19.8 Å². The standard InChI is InChI=1S/C13H13NO2/c1-9-2-5-11-8-10(4-7-13(15)16)3-6-12(11)14-9/h2-3,5-6,8H,4,7H2,1H3,(H,15,16). The van der Waals surface area contributed by atoms with Crippen LogP contribution in [0, 0.1) is 6.92 Å². The minimum atomic E-state index is -0.762. The molecule has 16 heavy (non-hydrogen) atoms. The smallest absolute Gasteiger partial charge is 0.303 e. The molecule has 82 valence electrons. The van der Waals surface area contributed by atoms with E-state index in [0.717, 1.165) is 22.2 Å². The lowest BCUT2D eigenvalue weighted by molar-refractivity contribution is -0.136. The van der Waals surface area contributed by atoms with Crippen LogP contribution in [0.15, 0.2) is 30.3 Å². The number of benzene rings is 1. The Morgan fingerprint density at radius 3 is 2.88 bits per heavy atom. The molecular weight excluding hydrogens is 202 g/mol. The van der Waals surface area contributed by atoms with E-state index in [0.29, 0.717) is 6.42 Å². The summed E-state index contributed by atoms with van der Waals surface area (Å²) in [6.07, 6.45) is 0.740. The number of aliphatic carboxylic acids is 1. The normalized spacial score (nSPS) is 10.6. The molecule has 0 bridgehead atoms. The summed E-state index contributed by atoms with van der Waals surface area (Å²) in [6, 6.07) is 9.87. The molecule has 3 nitrogen and oxygen atoms in total. The number of aryl methyl sites for hydroxylation is 2. The van der Waals surface area contributed by atoms with E-state index in [-0.39, 0.29) is 6.42 Å². The largest absolute Gasteiger partial charge is 0.481 e. The number of fused-ring (bicyclic) bond motifs is 1. The highest BCUT2D eigenvalue weighted by molar-refractivity contribution is 5.79. The fourth-order valence-electron chi connectivity index (χ4n) is 1.68. The fraction of sp³-hybridized carbons (Fsp3) is 0.231. The number of hydrogen-bond donors (Lipinski definition) is 1. The number of rotatable bonds is 3. The second-order valence-electron chi connectivity index (χ2n) is 3.87. The van der Waals surface area contributed by atoms with Gasteiger partial charge >= 0.3 is 5.97 Å². The molecule has 0 aliphatic carbocycles. The average molecular weight is 215 g/mol. The van der Waals surface area contributed by atoms with Gasteiger partial charge in [0.05, 0.1) is 5.52 Å². The Morgan fingerprint density at radius 2 is 2.12 bits per heavy atom. The van der Waals surface area contributed by atoms with E-state index in [9.17, 15) is 4.79 Å². The van der Waals surface area contributed by atoms with E-state index in [1.165, 1.54) is 0 Å². The minimum Gasteiger partial charge on any atom is -0.481 e. The van der Waals surface area contributed by atoms with Crippen LogP contribution in [0.4, 0.5) is 0 Å². The molecule has 2 rings (SSSR count). The van der Waals surface area contributed by atoms with Gasteiger partial charge in [0.2, 0.25) is 0 Å². The van der Waals surface area contributed by atoms with Gasteiger partial charge in [-0.25, -0.2) is 0 Å². The van der Waals surface area contributed by atoms with Gasteiger partial charge in [0.15, 0.2) is 0 Å². The lowest BCUT2D eigenvalue weighted by atomic mass is 10.1. The molecule has 1 heterocycles. The number of hydrogen-bond acceptors (Lipinski definition) is 2. The molecule has 1 aromatic carbocycles. The first-order valence-electron chi connectivity index (χ1n) is 5.23. The maximum atomic E-state index is 10.5. The van der Waals surface area contributed by atoms with Crippen LogP contribution in [0.2, 0.25) is 0 Å². The van der Waals surface area contributed by atoms with Crippen LogP contribution < -0.4 is 0 Å². The van der Waals surface area contributed by atoms with Crippen molar-refractivity contribution in [3.63, 3.8) is 0 Å². The molecule has 0 radical (unpaired) electrons. The zero-order valence-corrected chi connectivity index (χ0v) is 9.10. The number of carboxylic acids is 1. The van der Waals surface area contributed by atoms with E-state index < -0.39 is 5.97 Å². The molecule has 0 unspecified atom stereocenters. The fourth-order valence-corrected chi connectivity index (χ4v) is 1.68. The van der Waals surface area contributed by atoms with Crippen LogP contribution in [-0.2, 0) is 11.2 Å². The molecule has 3 heteroatoms. The molecule has 0 aliphatic heterocycles. The lowest BCUT2D eigenvalue weighted by Crippen LogP contribution is -1.97. The average Bonchev–Trinajstić information content (AvgIpc) is 2.26. The summed E-state index contributed by atoms with van der Waals surface area (Å²) in [7, 11) is 0. The summed E-state index contributed by atoms with van der Waals surface area (Å²) >= 11 is 0. The van der Waals surface area contributed by atoms with Crippen LogP contribution in [0.3, 0.4) is 0 Å². The molecule has 1 aromatic heterocycles. The molecule has 0 atom stereocenters. The van der Waals surface area contributed by atoms with Gasteiger partial charge in [-0.15, -0.1) is 0 Å². The first-order chi connectivity index (χ1) is 7.65. The van der Waals surface area contributed by atoms with Crippen molar-refractivity contribution in [1.29, 1.82) is 0 Å². The molecule has 1 N–H and O–H groups in total. The molecule has 0 fully saturated rings. The number of aromatic nitrogens is 1. The Morgan fingerprint density at radius 1 is 1.31 bits per heavy atom. The van der Waals surface area contributed by atoms with Gasteiger partial charge in [-0.1, -0.05) is 12.1 Å². The zero-order valence-electron chi connectivity index (χ0n) is 9.10. The number of carboxylic acid groups (broad SMARTS) is 1. The lowest BCUT2D eigenvalue weighted by Gasteiger charge is -2.02. The van der Waals surface area contributed by atoms with E-state index >= 15 is 0 Å². The summed E-state index contributed by atoms with van der Waals surface area (Å²) in [5.74, 6) is -0.762. The first kappa shape index (κ1) is 10.6. The van der Waals surface area contributed by atoms with Gasteiger partial charge in [-0.3, -0.25) is 9.78 Å². The van der Waals surface area contributed by atoms with Crippen molar-refractivity contribution >= 4 is 16.9 Å². The second-order valence-corrected chi connectivity index (χ2v) is 3.87. The molecular formula is C13H13NO2. The van der Waals surface area contributed by atoms with Gasteiger partial charge in [-0.05, 0) is 37.1 Å². The first-order valence-corrected chi connectivity index (χ1v) is 5.23. The van der Waals surface area contributed by atoms with E-state index in [1.54, 1.807) is 0 Å². The maximum absolute atomic E-state index is 10.5. The Bertz CT molecular complexity index is 534. The van der Waals surface area contributed by atoms with Gasteiger partial charge in [0.25, 0.3) is 0 Å². The second kappa shape index (κ2) is 4.31. The number of nitrogens with zero attached hydrogens (tertiary/aromatic N) is 1. The zero-order chi connectivity index (χ0) is 11.5. The quantitative estimate of drug-likeness (QED) is 0.856. The highest BCUT2D eigenvalue weighted by atomic mass is 16.4. The Labute approximate surface area is 93.7 Å². The summed E-state index contributed by atoms with van der Waals surface area (Å²) in [5.41, 5.74) is 2.99. The van der Waals surface area contributed by atoms with E-state index in [4.69, 9.17) is 5.11 Å². The van der Waals surface area contributed by atoms with Crippen molar-refractivity contribution in [2.24, 2.45) is 0 Å². The monoisotopic (exact) mass is 215 g/mol. The highest BCUT2D eigenvalue weighted by Crippen LogP contribution is 2.15. The van der Waals surface area contributed by atoms with E-state index in [2.05, 4.69) is 4.98 Å². The van der Waals surface area contributed by atoms with Crippen molar-refractivity contribution in [2.75, 3.05) is 0 Å². The van der Waals surface area contributed by atoms with Crippen LogP contribution in [0.1, 0.15) is 17.7 Å². The predicted molar refractivity (Wildman–Crippen MR) is 62.4 cm³/mol. The highest BCUT2D eigenvalue weighted by Gasteiger charge is 2.01. The molecule has 0 amide bonds. The summed E-state index contributed by atoms with van der Waals surface area (Å²) < 4.78 is 0. The Kier molecular flexibility index (Phi) is 2.86. The Balaban J connectivity index is 2.30. The van der Waals surface area contributed by atoms with Crippen LogP contribution in [0.25, 0.3) is 10.9 Å².